The van der Waals surface area contributed by atoms with E-state index >= 15 is 0 Å². The zero-order valence-electron chi connectivity index (χ0n) is 10.5. The summed E-state index contributed by atoms with van der Waals surface area (Å²) in [5, 5.41) is 8.73. The summed E-state index contributed by atoms with van der Waals surface area (Å²) < 4.78 is 11.8. The van der Waals surface area contributed by atoms with Gasteiger partial charge in [0.2, 0.25) is 0 Å². The molecule has 16 heavy (non-hydrogen) atoms. The lowest BCUT2D eigenvalue weighted by molar-refractivity contribution is -0.138. The van der Waals surface area contributed by atoms with Crippen LogP contribution in [0.2, 0.25) is 0 Å². The van der Waals surface area contributed by atoms with Gasteiger partial charge in [0, 0.05) is 0 Å². The molecular formula is C12H23FO2S. The second kappa shape index (κ2) is 7.93. The number of unbranched alkanes of at least 4 members (excludes halogenated alkanes) is 3. The molecule has 96 valence electrons. The van der Waals surface area contributed by atoms with Gasteiger partial charge >= 0.3 is 5.97 Å². The minimum Gasteiger partial charge on any atom is -0.480 e. The number of rotatable bonds is 8. The SMILES string of the molecule is CC(C)(C)C(SCCCCCCF)C(=O)O. The monoisotopic (exact) mass is 250 g/mol. The summed E-state index contributed by atoms with van der Waals surface area (Å²) in [6, 6.07) is 0. The first kappa shape index (κ1) is 15.8. The van der Waals surface area contributed by atoms with Crippen LogP contribution < -0.4 is 0 Å². The number of halogens is 1. The molecule has 0 aliphatic rings. The molecule has 0 bridgehead atoms. The quantitative estimate of drug-likeness (QED) is 0.667. The van der Waals surface area contributed by atoms with Crippen molar-refractivity contribution >= 4 is 17.7 Å². The molecule has 0 saturated carbocycles. The number of aliphatic carboxylic acids is 1. The molecule has 1 unspecified atom stereocenters. The molecule has 2 nitrogen and oxygen atoms in total. The lowest BCUT2D eigenvalue weighted by Gasteiger charge is -2.26. The Morgan fingerprint density at radius 2 is 1.81 bits per heavy atom. The van der Waals surface area contributed by atoms with Crippen molar-refractivity contribution in [1.29, 1.82) is 0 Å². The molecule has 0 amide bonds. The Bertz CT molecular complexity index is 202. The van der Waals surface area contributed by atoms with E-state index in [0.29, 0.717) is 6.42 Å². The predicted molar refractivity (Wildman–Crippen MR) is 67.8 cm³/mol. The van der Waals surface area contributed by atoms with Gasteiger partial charge < -0.3 is 5.11 Å². The fourth-order valence-electron chi connectivity index (χ4n) is 1.44. The number of carboxylic acid groups (broad SMARTS) is 1. The Hall–Kier alpha value is -0.250. The molecule has 0 aliphatic carbocycles. The Labute approximate surface area is 102 Å². The number of carbonyl (C=O) groups is 1. The summed E-state index contributed by atoms with van der Waals surface area (Å²) in [5.41, 5.74) is -0.213. The van der Waals surface area contributed by atoms with Crippen molar-refractivity contribution in [2.24, 2.45) is 5.41 Å². The molecular weight excluding hydrogens is 227 g/mol. The average Bonchev–Trinajstić information content (AvgIpc) is 2.13. The number of thioether (sulfide) groups is 1. The van der Waals surface area contributed by atoms with Crippen LogP contribution >= 0.6 is 11.8 Å². The molecule has 0 aromatic heterocycles. The van der Waals surface area contributed by atoms with E-state index in [1.165, 1.54) is 11.8 Å². The summed E-state index contributed by atoms with van der Waals surface area (Å²) in [7, 11) is 0. The minimum absolute atomic E-state index is 0.213. The highest BCUT2D eigenvalue weighted by molar-refractivity contribution is 8.00. The van der Waals surface area contributed by atoms with E-state index in [-0.39, 0.29) is 17.3 Å². The van der Waals surface area contributed by atoms with Gasteiger partial charge in [-0.05, 0) is 24.0 Å². The number of carboxylic acids is 1. The summed E-state index contributed by atoms with van der Waals surface area (Å²) in [6.07, 6.45) is 3.51. The van der Waals surface area contributed by atoms with Crippen molar-refractivity contribution in [3.05, 3.63) is 0 Å². The van der Waals surface area contributed by atoms with Crippen molar-refractivity contribution in [2.45, 2.75) is 51.7 Å². The van der Waals surface area contributed by atoms with Gasteiger partial charge in [-0.15, -0.1) is 11.8 Å². The first-order valence-electron chi connectivity index (χ1n) is 5.80. The molecule has 0 radical (unpaired) electrons. The number of hydrogen-bond donors (Lipinski definition) is 1. The van der Waals surface area contributed by atoms with Crippen LogP contribution in [0.3, 0.4) is 0 Å². The molecule has 0 spiro atoms. The van der Waals surface area contributed by atoms with Gasteiger partial charge in [0.05, 0.1) is 6.67 Å². The fourth-order valence-corrected chi connectivity index (χ4v) is 2.69. The molecule has 0 aromatic rings. The molecule has 0 fully saturated rings. The Morgan fingerprint density at radius 1 is 1.25 bits per heavy atom. The minimum atomic E-state index is -0.735. The third-order valence-corrected chi connectivity index (χ3v) is 4.09. The van der Waals surface area contributed by atoms with E-state index in [1.54, 1.807) is 0 Å². The van der Waals surface area contributed by atoms with Crippen molar-refractivity contribution < 1.29 is 14.3 Å². The maximum atomic E-state index is 11.8. The van der Waals surface area contributed by atoms with E-state index in [2.05, 4.69) is 0 Å². The van der Waals surface area contributed by atoms with Gasteiger partial charge in [0.25, 0.3) is 0 Å². The van der Waals surface area contributed by atoms with Crippen LogP contribution in [0, 0.1) is 5.41 Å². The lowest BCUT2D eigenvalue weighted by Crippen LogP contribution is -2.31. The summed E-state index contributed by atoms with van der Waals surface area (Å²) in [4.78, 5) is 11.0. The van der Waals surface area contributed by atoms with E-state index in [0.717, 1.165) is 25.0 Å². The van der Waals surface area contributed by atoms with Crippen molar-refractivity contribution in [3.63, 3.8) is 0 Å². The summed E-state index contributed by atoms with van der Waals surface area (Å²) in [5.74, 6) is 0.113. The molecule has 0 saturated heterocycles. The summed E-state index contributed by atoms with van der Waals surface area (Å²) in [6.45, 7) is 5.60. The Morgan fingerprint density at radius 3 is 2.25 bits per heavy atom. The van der Waals surface area contributed by atoms with Gasteiger partial charge in [0.1, 0.15) is 5.25 Å². The largest absolute Gasteiger partial charge is 0.480 e. The maximum absolute atomic E-state index is 11.8. The number of alkyl halides is 1. The zero-order chi connectivity index (χ0) is 12.6. The van der Waals surface area contributed by atoms with Crippen molar-refractivity contribution in [3.8, 4) is 0 Å². The Balaban J connectivity index is 3.75. The lowest BCUT2D eigenvalue weighted by atomic mass is 9.92. The average molecular weight is 250 g/mol. The maximum Gasteiger partial charge on any atom is 0.317 e. The normalized spacial score (nSPS) is 13.8. The van der Waals surface area contributed by atoms with Crippen LogP contribution in [-0.4, -0.2) is 28.8 Å². The predicted octanol–water partition coefficient (Wildman–Crippen LogP) is 3.75. The van der Waals surface area contributed by atoms with E-state index in [4.69, 9.17) is 5.11 Å². The van der Waals surface area contributed by atoms with Gasteiger partial charge in [-0.25, -0.2) is 0 Å². The molecule has 1 N–H and O–H groups in total. The first-order chi connectivity index (χ1) is 7.39. The van der Waals surface area contributed by atoms with Crippen LogP contribution in [0.5, 0.6) is 0 Å². The zero-order valence-corrected chi connectivity index (χ0v) is 11.3. The van der Waals surface area contributed by atoms with Gasteiger partial charge in [0.15, 0.2) is 0 Å². The highest BCUT2D eigenvalue weighted by Gasteiger charge is 2.31. The van der Waals surface area contributed by atoms with E-state index in [1.807, 2.05) is 20.8 Å². The highest BCUT2D eigenvalue weighted by atomic mass is 32.2. The molecule has 0 aliphatic heterocycles. The van der Waals surface area contributed by atoms with Gasteiger partial charge in [-0.3, -0.25) is 9.18 Å². The highest BCUT2D eigenvalue weighted by Crippen LogP contribution is 2.31. The third-order valence-electron chi connectivity index (χ3n) is 2.32. The standard InChI is InChI=1S/C12H23FO2S/c1-12(2,3)10(11(14)15)16-9-7-5-4-6-8-13/h10H,4-9H2,1-3H3,(H,14,15). The van der Waals surface area contributed by atoms with Crippen molar-refractivity contribution in [1.82, 2.24) is 0 Å². The van der Waals surface area contributed by atoms with Crippen LogP contribution in [0.1, 0.15) is 46.5 Å². The molecule has 1 atom stereocenters. The summed E-state index contributed by atoms with van der Waals surface area (Å²) >= 11 is 1.50. The van der Waals surface area contributed by atoms with Gasteiger partial charge in [-0.1, -0.05) is 33.6 Å². The van der Waals surface area contributed by atoms with Crippen LogP contribution in [0.25, 0.3) is 0 Å². The third kappa shape index (κ3) is 7.09. The fraction of sp³-hybridized carbons (Fsp3) is 0.917. The van der Waals surface area contributed by atoms with E-state index < -0.39 is 5.97 Å². The molecule has 4 heteroatoms. The molecule has 0 aromatic carbocycles. The smallest absolute Gasteiger partial charge is 0.317 e. The van der Waals surface area contributed by atoms with Crippen LogP contribution in [-0.2, 0) is 4.79 Å². The topological polar surface area (TPSA) is 37.3 Å². The Kier molecular flexibility index (Phi) is 7.81. The second-order valence-electron chi connectivity index (χ2n) is 5.06. The molecule has 0 rings (SSSR count). The van der Waals surface area contributed by atoms with Crippen LogP contribution in [0.15, 0.2) is 0 Å². The number of hydrogen-bond acceptors (Lipinski definition) is 2. The van der Waals surface area contributed by atoms with E-state index in [9.17, 15) is 9.18 Å². The second-order valence-corrected chi connectivity index (χ2v) is 6.27. The van der Waals surface area contributed by atoms with Crippen LogP contribution in [0.4, 0.5) is 4.39 Å². The van der Waals surface area contributed by atoms with Crippen molar-refractivity contribution in [2.75, 3.05) is 12.4 Å². The van der Waals surface area contributed by atoms with Gasteiger partial charge in [-0.2, -0.15) is 0 Å². The first-order valence-corrected chi connectivity index (χ1v) is 6.85. The molecule has 0 heterocycles.